The first kappa shape index (κ1) is 26.5. The minimum absolute atomic E-state index is 0.0308. The van der Waals surface area contributed by atoms with Gasteiger partial charge in [0.15, 0.2) is 11.3 Å². The molecule has 1 amide bonds. The van der Waals surface area contributed by atoms with Gasteiger partial charge < -0.3 is 24.5 Å². The molecule has 1 unspecified atom stereocenters. The molecule has 1 atom stereocenters. The third kappa shape index (κ3) is 4.66. The van der Waals surface area contributed by atoms with Crippen LogP contribution in [0.15, 0.2) is 69.9 Å². The van der Waals surface area contributed by atoms with Crippen molar-refractivity contribution in [3.63, 3.8) is 0 Å². The van der Waals surface area contributed by atoms with E-state index in [1.807, 2.05) is 56.3 Å². The second-order valence-corrected chi connectivity index (χ2v) is 11.6. The molecule has 0 aliphatic carbocycles. The van der Waals surface area contributed by atoms with Crippen molar-refractivity contribution in [2.45, 2.75) is 26.7 Å². The Balaban J connectivity index is 1.45. The fourth-order valence-electron chi connectivity index (χ4n) is 5.38. The molecule has 6 rings (SSSR count). The van der Waals surface area contributed by atoms with E-state index in [-0.39, 0.29) is 17.9 Å². The van der Waals surface area contributed by atoms with Crippen molar-refractivity contribution in [1.29, 1.82) is 0 Å². The van der Waals surface area contributed by atoms with Crippen LogP contribution in [0.25, 0.3) is 42.3 Å². The van der Waals surface area contributed by atoms with E-state index in [1.54, 1.807) is 17.4 Å². The largest absolute Gasteiger partial charge is 0.440 e. The number of thiophene rings is 1. The Morgan fingerprint density at radius 1 is 1.02 bits per heavy atom. The molecule has 2 aromatic heterocycles. The fraction of sp³-hybridized carbons (Fsp3) is 0.312. The van der Waals surface area contributed by atoms with Crippen LogP contribution in [0.5, 0.6) is 0 Å². The lowest BCUT2D eigenvalue weighted by Crippen LogP contribution is -2.36. The van der Waals surface area contributed by atoms with E-state index >= 15 is 0 Å². The van der Waals surface area contributed by atoms with Crippen LogP contribution in [0.2, 0.25) is 0 Å². The van der Waals surface area contributed by atoms with E-state index in [2.05, 4.69) is 22.3 Å². The highest BCUT2D eigenvalue weighted by Crippen LogP contribution is 2.42. The van der Waals surface area contributed by atoms with E-state index in [9.17, 15) is 14.7 Å². The average Bonchev–Trinajstić information content (AvgIpc) is 3.35. The molecule has 7 nitrogen and oxygen atoms in total. The van der Waals surface area contributed by atoms with E-state index in [1.165, 1.54) is 0 Å². The zero-order valence-corrected chi connectivity index (χ0v) is 23.5. The van der Waals surface area contributed by atoms with Gasteiger partial charge in [-0.2, -0.15) is 0 Å². The van der Waals surface area contributed by atoms with E-state index in [0.717, 1.165) is 37.0 Å². The predicted octanol–water partition coefficient (Wildman–Crippen LogP) is 6.40. The number of anilines is 2. The summed E-state index contributed by atoms with van der Waals surface area (Å²) in [5.41, 5.74) is 2.49. The minimum Gasteiger partial charge on any atom is -0.440 e. The number of fused-ring (bicyclic) bond motifs is 4. The molecule has 0 spiro atoms. The normalized spacial score (nSPS) is 15.5. The number of benzene rings is 3. The van der Waals surface area contributed by atoms with Crippen LogP contribution in [-0.4, -0.2) is 43.9 Å². The van der Waals surface area contributed by atoms with Gasteiger partial charge >= 0.3 is 0 Å². The van der Waals surface area contributed by atoms with Gasteiger partial charge in [0.25, 0.3) is 0 Å². The summed E-state index contributed by atoms with van der Waals surface area (Å²) in [7, 11) is 0. The molecule has 0 saturated carbocycles. The second kappa shape index (κ2) is 10.7. The number of aliphatic hydroxyl groups is 1. The van der Waals surface area contributed by atoms with E-state index in [0.29, 0.717) is 56.0 Å². The number of morpholine rings is 1. The zero-order valence-electron chi connectivity index (χ0n) is 22.7. The summed E-state index contributed by atoms with van der Waals surface area (Å²) in [6.45, 7) is 6.38. The van der Waals surface area contributed by atoms with Crippen LogP contribution in [0.3, 0.4) is 0 Å². The maximum absolute atomic E-state index is 13.1. The number of hydrogen-bond acceptors (Lipinski definition) is 7. The molecule has 1 aliphatic rings. The van der Waals surface area contributed by atoms with Crippen molar-refractivity contribution < 1.29 is 19.1 Å². The van der Waals surface area contributed by atoms with Gasteiger partial charge in [-0.1, -0.05) is 44.2 Å². The lowest BCUT2D eigenvalue weighted by Gasteiger charge is -2.27. The van der Waals surface area contributed by atoms with Crippen LogP contribution in [-0.2, 0) is 9.53 Å². The van der Waals surface area contributed by atoms with Crippen molar-refractivity contribution in [2.24, 2.45) is 5.41 Å². The number of aliphatic hydroxyl groups excluding tert-OH is 1. The number of hydrogen-bond donors (Lipinski definition) is 2. The highest BCUT2D eigenvalue weighted by molar-refractivity contribution is 7.26. The van der Waals surface area contributed by atoms with Crippen molar-refractivity contribution in [1.82, 2.24) is 0 Å². The van der Waals surface area contributed by atoms with Crippen molar-refractivity contribution in [3.8, 4) is 11.1 Å². The summed E-state index contributed by atoms with van der Waals surface area (Å²) in [5, 5.41) is 15.2. The molecular formula is C32H32N2O5S. The summed E-state index contributed by atoms with van der Waals surface area (Å²) in [5.74, 6) is 0.475. The highest BCUT2D eigenvalue weighted by Gasteiger charge is 2.30. The smallest absolute Gasteiger partial charge is 0.230 e. The minimum atomic E-state index is -0.633. The Kier molecular flexibility index (Phi) is 7.08. The quantitative estimate of drug-likeness (QED) is 0.241. The van der Waals surface area contributed by atoms with Crippen LogP contribution in [0.1, 0.15) is 26.7 Å². The maximum atomic E-state index is 13.1. The lowest BCUT2D eigenvalue weighted by atomic mass is 9.83. The monoisotopic (exact) mass is 556 g/mol. The first-order valence-electron chi connectivity index (χ1n) is 13.7. The number of nitrogens with zero attached hydrogens (tertiary/aromatic N) is 1. The molecule has 40 heavy (non-hydrogen) atoms. The Hall–Kier alpha value is -3.72. The Labute approximate surface area is 236 Å². The fourth-order valence-corrected chi connectivity index (χ4v) is 6.60. The summed E-state index contributed by atoms with van der Waals surface area (Å²) < 4.78 is 14.1. The summed E-state index contributed by atoms with van der Waals surface area (Å²) in [4.78, 5) is 28.2. The van der Waals surface area contributed by atoms with Crippen LogP contribution in [0.4, 0.5) is 11.6 Å². The topological polar surface area (TPSA) is 92.0 Å². The molecule has 8 heteroatoms. The van der Waals surface area contributed by atoms with Gasteiger partial charge in [-0.15, -0.1) is 11.3 Å². The van der Waals surface area contributed by atoms with Gasteiger partial charge in [0.05, 0.1) is 18.6 Å². The summed E-state index contributed by atoms with van der Waals surface area (Å²) in [6.07, 6.45) is 1.05. The average molecular weight is 557 g/mol. The molecular weight excluding hydrogens is 524 g/mol. The molecule has 2 N–H and O–H groups in total. The number of para-hydroxylation sites is 1. The number of carbonyl (C=O) groups excluding carboxylic acids is 1. The number of amides is 1. The number of carbonyl (C=O) groups is 1. The first-order valence-corrected chi connectivity index (χ1v) is 14.5. The molecule has 3 heterocycles. The molecule has 1 aliphatic heterocycles. The Morgan fingerprint density at radius 3 is 2.52 bits per heavy atom. The summed E-state index contributed by atoms with van der Waals surface area (Å²) in [6, 6.07) is 19.5. The van der Waals surface area contributed by atoms with Crippen LogP contribution >= 0.6 is 11.3 Å². The molecule has 0 bridgehead atoms. The predicted molar refractivity (Wildman–Crippen MR) is 163 cm³/mol. The maximum Gasteiger partial charge on any atom is 0.230 e. The Morgan fingerprint density at radius 2 is 1.77 bits per heavy atom. The van der Waals surface area contributed by atoms with Crippen molar-refractivity contribution >= 4 is 60.0 Å². The van der Waals surface area contributed by atoms with Gasteiger partial charge in [0.2, 0.25) is 5.91 Å². The van der Waals surface area contributed by atoms with E-state index < -0.39 is 5.41 Å². The van der Waals surface area contributed by atoms with Crippen molar-refractivity contribution in [3.05, 3.63) is 70.9 Å². The third-order valence-corrected chi connectivity index (χ3v) is 9.32. The SMILES string of the molecule is CCC(C)(CCO)C(=O)Nc1ccc2sc3c(-c4cccc5c(=O)cc(N6CCOCC6)oc45)cccc3c2c1. The lowest BCUT2D eigenvalue weighted by molar-refractivity contribution is -0.125. The number of ether oxygens (including phenoxy) is 1. The summed E-state index contributed by atoms with van der Waals surface area (Å²) >= 11 is 1.68. The van der Waals surface area contributed by atoms with Gasteiger partial charge in [0, 0.05) is 68.2 Å². The van der Waals surface area contributed by atoms with Gasteiger partial charge in [0.1, 0.15) is 5.58 Å². The zero-order chi connectivity index (χ0) is 27.9. The Bertz CT molecular complexity index is 1790. The standard InChI is InChI=1S/C32H32N2O5S/c1-3-32(2,12-15-35)31(37)33-20-10-11-27-25(18-20)23-8-5-7-22(30(23)40-27)21-6-4-9-24-26(36)19-28(39-29(21)24)34-13-16-38-17-14-34/h4-11,18-19,35H,3,12-17H2,1-2H3,(H,33,37). The molecule has 5 aromatic rings. The number of rotatable bonds is 7. The molecule has 1 fully saturated rings. The molecule has 0 radical (unpaired) electrons. The molecule has 3 aromatic carbocycles. The van der Waals surface area contributed by atoms with Crippen LogP contribution in [0, 0.1) is 5.41 Å². The third-order valence-electron chi connectivity index (χ3n) is 8.10. The molecule has 206 valence electrons. The van der Waals surface area contributed by atoms with Crippen LogP contribution < -0.4 is 15.6 Å². The van der Waals surface area contributed by atoms with Gasteiger partial charge in [-0.25, -0.2) is 0 Å². The first-order chi connectivity index (χ1) is 19.4. The second-order valence-electron chi connectivity index (χ2n) is 10.6. The van der Waals surface area contributed by atoms with Gasteiger partial charge in [-0.05, 0) is 37.1 Å². The van der Waals surface area contributed by atoms with E-state index in [4.69, 9.17) is 9.15 Å². The highest BCUT2D eigenvalue weighted by atomic mass is 32.1. The molecule has 1 saturated heterocycles. The van der Waals surface area contributed by atoms with Gasteiger partial charge in [-0.3, -0.25) is 9.59 Å². The number of nitrogens with one attached hydrogen (secondary N) is 1. The van der Waals surface area contributed by atoms with Crippen molar-refractivity contribution in [2.75, 3.05) is 43.1 Å².